The number of allylic oxidation sites excluding steroid dienone is 1. The van der Waals surface area contributed by atoms with Crippen LogP contribution in [0.15, 0.2) is 17.1 Å². The van der Waals surface area contributed by atoms with E-state index >= 15 is 0 Å². The van der Waals surface area contributed by atoms with Gasteiger partial charge in [0.2, 0.25) is 0 Å². The molecule has 0 rings (SSSR count). The zero-order valence-electron chi connectivity index (χ0n) is 9.70. The van der Waals surface area contributed by atoms with Crippen LogP contribution in [0.5, 0.6) is 0 Å². The Kier molecular flexibility index (Phi) is 5.52. The van der Waals surface area contributed by atoms with Crippen molar-refractivity contribution in [2.24, 2.45) is 4.99 Å². The van der Waals surface area contributed by atoms with Crippen LogP contribution < -0.4 is 0 Å². The van der Waals surface area contributed by atoms with E-state index in [1.807, 2.05) is 7.05 Å². The molecule has 0 aromatic heterocycles. The van der Waals surface area contributed by atoms with Crippen LogP contribution in [0.3, 0.4) is 0 Å². The fourth-order valence-electron chi connectivity index (χ4n) is 0.893. The number of likely N-dealkylation sites (N-methyl/N-ethyl adjacent to an activating group) is 1. The summed E-state index contributed by atoms with van der Waals surface area (Å²) in [6.07, 6.45) is 4.26. The van der Waals surface area contributed by atoms with Crippen LogP contribution in [0.25, 0.3) is 0 Å². The number of hydrogen-bond acceptors (Lipinski definition) is 1. The maximum Gasteiger partial charge on any atom is 0.122 e. The van der Waals surface area contributed by atoms with Crippen LogP contribution in [0.4, 0.5) is 0 Å². The van der Waals surface area contributed by atoms with E-state index in [0.29, 0.717) is 11.9 Å². The quantitative estimate of drug-likeness (QED) is 0.363. The second-order valence-electron chi connectivity index (χ2n) is 3.89. The lowest BCUT2D eigenvalue weighted by Gasteiger charge is -2.23. The molecule has 1 atom stereocenters. The van der Waals surface area contributed by atoms with E-state index in [1.165, 1.54) is 0 Å². The standard InChI is InChI=1S/C10H21BN2/c1-8(2)13(5)10(12-4)7-6-9(3)11/h6-9H,11H2,1-5H3/b7-6-,12-10-. The second kappa shape index (κ2) is 5.84. The molecule has 0 amide bonds. The van der Waals surface area contributed by atoms with E-state index in [2.05, 4.69) is 57.7 Å². The monoisotopic (exact) mass is 180 g/mol. The molecule has 74 valence electrons. The molecule has 0 saturated heterocycles. The predicted molar refractivity (Wildman–Crippen MR) is 63.4 cm³/mol. The molecule has 0 N–H and O–H groups in total. The molecule has 13 heavy (non-hydrogen) atoms. The van der Waals surface area contributed by atoms with Crippen molar-refractivity contribution in [1.82, 2.24) is 4.90 Å². The van der Waals surface area contributed by atoms with Gasteiger partial charge in [0.1, 0.15) is 13.7 Å². The summed E-state index contributed by atoms with van der Waals surface area (Å²) in [7, 11) is 6.07. The number of rotatable bonds is 3. The SMILES string of the molecule is BC(C)/C=C\C(=N\C)N(C)C(C)C. The Balaban J connectivity index is 4.37. The van der Waals surface area contributed by atoms with Crippen molar-refractivity contribution in [3.05, 3.63) is 12.2 Å². The molecule has 0 saturated carbocycles. The zero-order valence-corrected chi connectivity index (χ0v) is 9.70. The zero-order chi connectivity index (χ0) is 10.4. The summed E-state index contributed by atoms with van der Waals surface area (Å²) in [6, 6.07) is 0.496. The first-order valence-electron chi connectivity index (χ1n) is 4.86. The highest BCUT2D eigenvalue weighted by Gasteiger charge is 2.05. The van der Waals surface area contributed by atoms with Crippen molar-refractivity contribution < 1.29 is 0 Å². The van der Waals surface area contributed by atoms with Gasteiger partial charge in [-0.05, 0) is 19.9 Å². The van der Waals surface area contributed by atoms with Crippen LogP contribution in [0.2, 0.25) is 5.82 Å². The summed E-state index contributed by atoms with van der Waals surface area (Å²) in [4.78, 5) is 6.40. The summed E-state index contributed by atoms with van der Waals surface area (Å²) < 4.78 is 0. The maximum atomic E-state index is 4.24. The smallest absolute Gasteiger partial charge is 0.122 e. The van der Waals surface area contributed by atoms with Crippen molar-refractivity contribution in [1.29, 1.82) is 0 Å². The average Bonchev–Trinajstić information content (AvgIpc) is 2.04. The van der Waals surface area contributed by atoms with Gasteiger partial charge in [-0.3, -0.25) is 4.99 Å². The van der Waals surface area contributed by atoms with Gasteiger partial charge in [-0.15, -0.1) is 0 Å². The second-order valence-corrected chi connectivity index (χ2v) is 3.89. The van der Waals surface area contributed by atoms with Gasteiger partial charge in [0, 0.05) is 20.1 Å². The Morgan fingerprint density at radius 3 is 2.23 bits per heavy atom. The Labute approximate surface area is 83.1 Å². The van der Waals surface area contributed by atoms with Crippen molar-refractivity contribution in [3.63, 3.8) is 0 Å². The summed E-state index contributed by atoms with van der Waals surface area (Å²) >= 11 is 0. The summed E-state index contributed by atoms with van der Waals surface area (Å²) in [5, 5.41) is 0. The average molecular weight is 180 g/mol. The maximum absolute atomic E-state index is 4.24. The molecule has 0 aliphatic heterocycles. The lowest BCUT2D eigenvalue weighted by molar-refractivity contribution is 0.419. The number of aliphatic imine (C=N–C) groups is 1. The van der Waals surface area contributed by atoms with Gasteiger partial charge in [-0.25, -0.2) is 0 Å². The first-order chi connectivity index (χ1) is 5.99. The largest absolute Gasteiger partial charge is 0.358 e. The van der Waals surface area contributed by atoms with Crippen LogP contribution in [0, 0.1) is 0 Å². The molecule has 2 nitrogen and oxygen atoms in total. The molecule has 0 aliphatic rings. The molecule has 0 radical (unpaired) electrons. The van der Waals surface area contributed by atoms with Crippen LogP contribution in [-0.4, -0.2) is 38.7 Å². The minimum absolute atomic E-state index is 0.496. The molecule has 0 bridgehead atoms. The molecular formula is C10H21BN2. The number of amidine groups is 1. The van der Waals surface area contributed by atoms with E-state index in [9.17, 15) is 0 Å². The minimum atomic E-state index is 0.496. The van der Waals surface area contributed by atoms with Crippen molar-refractivity contribution in [2.45, 2.75) is 32.6 Å². The van der Waals surface area contributed by atoms with Crippen molar-refractivity contribution >= 4 is 13.7 Å². The Morgan fingerprint density at radius 2 is 1.92 bits per heavy atom. The summed E-state index contributed by atoms with van der Waals surface area (Å²) in [6.45, 7) is 6.49. The van der Waals surface area contributed by atoms with E-state index in [0.717, 1.165) is 5.84 Å². The molecule has 0 heterocycles. The third kappa shape index (κ3) is 4.76. The van der Waals surface area contributed by atoms with Gasteiger partial charge in [-0.1, -0.05) is 18.8 Å². The fraction of sp³-hybridized carbons (Fsp3) is 0.700. The van der Waals surface area contributed by atoms with Crippen molar-refractivity contribution in [3.8, 4) is 0 Å². The first kappa shape index (κ1) is 12.3. The molecule has 0 aromatic carbocycles. The van der Waals surface area contributed by atoms with Crippen LogP contribution >= 0.6 is 0 Å². The van der Waals surface area contributed by atoms with Crippen LogP contribution in [-0.2, 0) is 0 Å². The van der Waals surface area contributed by atoms with Crippen LogP contribution in [0.1, 0.15) is 20.8 Å². The molecule has 0 fully saturated rings. The van der Waals surface area contributed by atoms with E-state index in [4.69, 9.17) is 0 Å². The van der Waals surface area contributed by atoms with Crippen molar-refractivity contribution in [2.75, 3.05) is 14.1 Å². The Bertz CT molecular complexity index is 195. The molecular weight excluding hydrogens is 159 g/mol. The minimum Gasteiger partial charge on any atom is -0.358 e. The summed E-state index contributed by atoms with van der Waals surface area (Å²) in [5.41, 5.74) is 0. The van der Waals surface area contributed by atoms with E-state index in [-0.39, 0.29) is 0 Å². The van der Waals surface area contributed by atoms with Gasteiger partial charge < -0.3 is 4.90 Å². The molecule has 3 heteroatoms. The summed E-state index contributed by atoms with van der Waals surface area (Å²) in [5.74, 6) is 1.63. The Hall–Kier alpha value is -0.725. The van der Waals surface area contributed by atoms with E-state index < -0.39 is 0 Å². The van der Waals surface area contributed by atoms with Gasteiger partial charge in [0.15, 0.2) is 0 Å². The topological polar surface area (TPSA) is 15.6 Å². The van der Waals surface area contributed by atoms with Gasteiger partial charge in [0.05, 0.1) is 0 Å². The lowest BCUT2D eigenvalue weighted by Crippen LogP contribution is -2.31. The number of nitrogens with zero attached hydrogens (tertiary/aromatic N) is 2. The molecule has 1 unspecified atom stereocenters. The fourth-order valence-corrected chi connectivity index (χ4v) is 0.893. The van der Waals surface area contributed by atoms with Gasteiger partial charge in [0.25, 0.3) is 0 Å². The molecule has 0 aliphatic carbocycles. The first-order valence-corrected chi connectivity index (χ1v) is 4.86. The number of hydrogen-bond donors (Lipinski definition) is 0. The van der Waals surface area contributed by atoms with Gasteiger partial charge in [-0.2, -0.15) is 0 Å². The van der Waals surface area contributed by atoms with E-state index in [1.54, 1.807) is 0 Å². The Morgan fingerprint density at radius 1 is 1.38 bits per heavy atom. The third-order valence-electron chi connectivity index (χ3n) is 2.00. The van der Waals surface area contributed by atoms with Gasteiger partial charge >= 0.3 is 0 Å². The highest BCUT2D eigenvalue weighted by atomic mass is 15.2. The molecule has 0 aromatic rings. The molecule has 0 spiro atoms. The lowest BCUT2D eigenvalue weighted by atomic mass is 9.89. The normalized spacial score (nSPS) is 15.4. The highest BCUT2D eigenvalue weighted by Crippen LogP contribution is 2.02. The highest BCUT2D eigenvalue weighted by molar-refractivity contribution is 6.13. The third-order valence-corrected chi connectivity index (χ3v) is 2.00. The predicted octanol–water partition coefficient (Wildman–Crippen LogP) is 1.35.